The van der Waals surface area contributed by atoms with E-state index in [4.69, 9.17) is 0 Å². The van der Waals surface area contributed by atoms with E-state index >= 15 is 0 Å². The summed E-state index contributed by atoms with van der Waals surface area (Å²) in [6, 6.07) is 4.34. The molecule has 0 aliphatic rings. The van der Waals surface area contributed by atoms with Crippen LogP contribution in [0.2, 0.25) is 0 Å². The van der Waals surface area contributed by atoms with Crippen LogP contribution in [-0.2, 0) is 12.7 Å². The Bertz CT molecular complexity index is 584. The van der Waals surface area contributed by atoms with E-state index in [0.717, 1.165) is 0 Å². The van der Waals surface area contributed by atoms with Crippen molar-refractivity contribution in [2.24, 2.45) is 0 Å². The van der Waals surface area contributed by atoms with Crippen molar-refractivity contribution in [1.82, 2.24) is 9.36 Å². The third kappa shape index (κ3) is 3.63. The lowest BCUT2D eigenvalue weighted by atomic mass is 10.2. The van der Waals surface area contributed by atoms with E-state index in [9.17, 15) is 17.6 Å². The second kappa shape index (κ2) is 5.41. The van der Waals surface area contributed by atoms with Crippen LogP contribution in [0.25, 0.3) is 0 Å². The van der Waals surface area contributed by atoms with E-state index in [-0.39, 0.29) is 11.7 Å². The summed E-state index contributed by atoms with van der Waals surface area (Å²) in [5.41, 5.74) is 0.318. The molecule has 0 aliphatic carbocycles. The molecule has 19 heavy (non-hydrogen) atoms. The van der Waals surface area contributed by atoms with Crippen LogP contribution < -0.4 is 5.32 Å². The molecule has 0 fully saturated rings. The number of nitrogens with one attached hydrogen (secondary N) is 1. The van der Waals surface area contributed by atoms with Crippen LogP contribution in [0.15, 0.2) is 22.7 Å². The molecule has 1 heterocycles. The van der Waals surface area contributed by atoms with Crippen LogP contribution >= 0.6 is 27.5 Å². The van der Waals surface area contributed by atoms with Crippen molar-refractivity contribution in [3.05, 3.63) is 39.9 Å². The molecule has 0 saturated carbocycles. The Morgan fingerprint density at radius 2 is 2.05 bits per heavy atom. The Morgan fingerprint density at radius 1 is 1.32 bits per heavy atom. The number of alkyl halides is 3. The molecule has 0 bridgehead atoms. The number of nitrogens with zero attached hydrogens (tertiary/aromatic N) is 2. The molecule has 0 amide bonds. The van der Waals surface area contributed by atoms with E-state index in [2.05, 4.69) is 30.6 Å². The Labute approximate surface area is 118 Å². The second-order valence-electron chi connectivity index (χ2n) is 3.51. The molecule has 2 rings (SSSR count). The van der Waals surface area contributed by atoms with Gasteiger partial charge in [-0.05, 0) is 18.2 Å². The highest BCUT2D eigenvalue weighted by atomic mass is 79.9. The monoisotopic (exact) mass is 355 g/mol. The van der Waals surface area contributed by atoms with Crippen molar-refractivity contribution in [2.75, 3.05) is 5.32 Å². The van der Waals surface area contributed by atoms with Gasteiger partial charge in [0.05, 0.1) is 0 Å². The lowest BCUT2D eigenvalue weighted by Gasteiger charge is -2.04. The average molecular weight is 356 g/mol. The van der Waals surface area contributed by atoms with Gasteiger partial charge in [-0.25, -0.2) is 4.39 Å². The minimum Gasteiger partial charge on any atom is -0.356 e. The van der Waals surface area contributed by atoms with Gasteiger partial charge in [0.1, 0.15) is 5.82 Å². The smallest absolute Gasteiger partial charge is 0.356 e. The van der Waals surface area contributed by atoms with Crippen LogP contribution in [0, 0.1) is 5.82 Å². The quantitative estimate of drug-likeness (QED) is 0.843. The van der Waals surface area contributed by atoms with Crippen molar-refractivity contribution in [3.63, 3.8) is 0 Å². The fraction of sp³-hybridized carbons (Fsp3) is 0.200. The Kier molecular flexibility index (Phi) is 4.04. The zero-order valence-electron chi connectivity index (χ0n) is 9.13. The number of benzene rings is 1. The number of anilines is 1. The van der Waals surface area contributed by atoms with Crippen LogP contribution in [0.3, 0.4) is 0 Å². The summed E-state index contributed by atoms with van der Waals surface area (Å²) in [4.78, 5) is 3.29. The first-order valence-corrected chi connectivity index (χ1v) is 6.51. The van der Waals surface area contributed by atoms with Gasteiger partial charge < -0.3 is 5.32 Å². The van der Waals surface area contributed by atoms with Crippen LogP contribution in [-0.4, -0.2) is 9.36 Å². The normalized spacial score (nSPS) is 11.6. The molecule has 0 spiro atoms. The molecule has 102 valence electrons. The highest BCUT2D eigenvalue weighted by Crippen LogP contribution is 2.29. The molecule has 1 N–H and O–H groups in total. The summed E-state index contributed by atoms with van der Waals surface area (Å²) < 4.78 is 54.1. The summed E-state index contributed by atoms with van der Waals surface area (Å²) in [6.07, 6.45) is -4.57. The summed E-state index contributed by atoms with van der Waals surface area (Å²) in [6.45, 7) is 0.0256. The Morgan fingerprint density at radius 3 is 2.68 bits per heavy atom. The molecule has 3 nitrogen and oxygen atoms in total. The number of hydrogen-bond donors (Lipinski definition) is 1. The Hall–Kier alpha value is -1.22. The van der Waals surface area contributed by atoms with Gasteiger partial charge in [-0.3, -0.25) is 0 Å². The van der Waals surface area contributed by atoms with Gasteiger partial charge in [0.15, 0.2) is 0 Å². The van der Waals surface area contributed by atoms with Gasteiger partial charge in [0.2, 0.25) is 11.0 Å². The van der Waals surface area contributed by atoms with Crippen LogP contribution in [0.4, 0.5) is 22.7 Å². The third-order valence-electron chi connectivity index (χ3n) is 2.12. The molecule has 0 unspecified atom stereocenters. The average Bonchev–Trinajstić information content (AvgIpc) is 2.79. The van der Waals surface area contributed by atoms with Crippen molar-refractivity contribution in [1.29, 1.82) is 0 Å². The number of rotatable bonds is 3. The maximum atomic E-state index is 13.4. The Balaban J connectivity index is 2.06. The molecule has 1 aromatic heterocycles. The molecule has 0 atom stereocenters. The summed E-state index contributed by atoms with van der Waals surface area (Å²) >= 11 is 3.76. The highest BCUT2D eigenvalue weighted by Gasteiger charge is 2.36. The first kappa shape index (κ1) is 14.2. The van der Waals surface area contributed by atoms with Gasteiger partial charge in [-0.15, -0.1) is 0 Å². The van der Waals surface area contributed by atoms with Crippen LogP contribution in [0.5, 0.6) is 0 Å². The van der Waals surface area contributed by atoms with Crippen molar-refractivity contribution >= 4 is 32.6 Å². The van der Waals surface area contributed by atoms with Gasteiger partial charge in [-0.1, -0.05) is 15.9 Å². The standard InChI is InChI=1S/C10H6BrF4N3S/c11-6-1-2-7(12)5(3-6)4-16-9-17-8(18-19-9)10(13,14)15/h1-3H,4H2,(H,16,17,18). The minimum absolute atomic E-state index is 0.00768. The minimum atomic E-state index is -4.57. The van der Waals surface area contributed by atoms with Crippen molar-refractivity contribution < 1.29 is 17.6 Å². The van der Waals surface area contributed by atoms with E-state index in [1.807, 2.05) is 0 Å². The zero-order valence-corrected chi connectivity index (χ0v) is 11.5. The van der Waals surface area contributed by atoms with Gasteiger partial charge in [0, 0.05) is 28.1 Å². The summed E-state index contributed by atoms with van der Waals surface area (Å²) in [5, 5.41) is 2.60. The lowest BCUT2D eigenvalue weighted by molar-refractivity contribution is -0.144. The fourth-order valence-electron chi connectivity index (χ4n) is 1.26. The van der Waals surface area contributed by atoms with Crippen molar-refractivity contribution in [2.45, 2.75) is 12.7 Å². The first-order valence-electron chi connectivity index (χ1n) is 4.95. The summed E-state index contributed by atoms with van der Waals surface area (Å²) in [5.74, 6) is -1.65. The highest BCUT2D eigenvalue weighted by molar-refractivity contribution is 9.10. The third-order valence-corrected chi connectivity index (χ3v) is 3.28. The van der Waals surface area contributed by atoms with E-state index in [1.165, 1.54) is 18.2 Å². The molecule has 0 saturated heterocycles. The second-order valence-corrected chi connectivity index (χ2v) is 5.18. The molecular formula is C10H6BrF4N3S. The molecule has 1 aromatic carbocycles. The van der Waals surface area contributed by atoms with Gasteiger partial charge in [0.25, 0.3) is 0 Å². The largest absolute Gasteiger partial charge is 0.452 e. The molecular weight excluding hydrogens is 350 g/mol. The maximum absolute atomic E-state index is 13.4. The number of halogens is 5. The van der Waals surface area contributed by atoms with E-state index in [1.54, 1.807) is 0 Å². The van der Waals surface area contributed by atoms with Gasteiger partial charge in [-0.2, -0.15) is 22.5 Å². The lowest BCUT2D eigenvalue weighted by Crippen LogP contribution is -2.08. The summed E-state index contributed by atoms with van der Waals surface area (Å²) in [7, 11) is 0. The number of aromatic nitrogens is 2. The van der Waals surface area contributed by atoms with E-state index in [0.29, 0.717) is 21.6 Å². The van der Waals surface area contributed by atoms with Crippen LogP contribution in [0.1, 0.15) is 11.4 Å². The topological polar surface area (TPSA) is 37.8 Å². The number of hydrogen-bond acceptors (Lipinski definition) is 4. The molecule has 0 radical (unpaired) electrons. The fourth-order valence-corrected chi connectivity index (χ4v) is 2.25. The molecule has 2 aromatic rings. The molecule has 9 heteroatoms. The zero-order chi connectivity index (χ0) is 14.0. The van der Waals surface area contributed by atoms with E-state index < -0.39 is 17.8 Å². The predicted octanol–water partition coefficient (Wildman–Crippen LogP) is 4.07. The predicted molar refractivity (Wildman–Crippen MR) is 66.3 cm³/mol. The van der Waals surface area contributed by atoms with Crippen molar-refractivity contribution in [3.8, 4) is 0 Å². The molecule has 0 aliphatic heterocycles. The SMILES string of the molecule is Fc1ccc(Br)cc1CNc1nc(C(F)(F)F)ns1. The maximum Gasteiger partial charge on any atom is 0.452 e. The van der Waals surface area contributed by atoms with Gasteiger partial charge >= 0.3 is 6.18 Å². The first-order chi connectivity index (χ1) is 8.86.